The molecule has 1 aliphatic heterocycles. The average molecular weight is 423 g/mol. The molecule has 1 atom stereocenters. The first-order chi connectivity index (χ1) is 13.7. The number of hydrogen-bond acceptors (Lipinski definition) is 6. The second-order valence-corrected chi connectivity index (χ2v) is 8.87. The van der Waals surface area contributed by atoms with E-state index in [4.69, 9.17) is 16.3 Å². The van der Waals surface area contributed by atoms with Crippen molar-refractivity contribution >= 4 is 23.4 Å². The third kappa shape index (κ3) is 4.71. The van der Waals surface area contributed by atoms with Crippen LogP contribution in [-0.2, 0) is 4.74 Å². The molecule has 2 heterocycles. The molecule has 2 fully saturated rings. The van der Waals surface area contributed by atoms with E-state index in [-0.39, 0.29) is 0 Å². The van der Waals surface area contributed by atoms with E-state index in [0.29, 0.717) is 23.4 Å². The Morgan fingerprint density at radius 3 is 2.68 bits per heavy atom. The van der Waals surface area contributed by atoms with Crippen LogP contribution in [0.4, 0.5) is 0 Å². The van der Waals surface area contributed by atoms with E-state index in [0.717, 1.165) is 55.7 Å². The zero-order valence-corrected chi connectivity index (χ0v) is 17.5. The van der Waals surface area contributed by atoms with Crippen LogP contribution in [0.3, 0.4) is 0 Å². The third-order valence-corrected chi connectivity index (χ3v) is 6.86. The van der Waals surface area contributed by atoms with Crippen LogP contribution in [0, 0.1) is 0 Å². The fraction of sp³-hybridized carbons (Fsp3) is 0.600. The fourth-order valence-electron chi connectivity index (χ4n) is 4.00. The number of benzene rings is 1. The van der Waals surface area contributed by atoms with E-state index in [1.54, 1.807) is 11.8 Å². The molecule has 1 aromatic heterocycles. The largest absolute Gasteiger partial charge is 0.391 e. The molecule has 6 nitrogen and oxygen atoms in total. The lowest BCUT2D eigenvalue weighted by Gasteiger charge is -2.28. The molecule has 152 valence electrons. The van der Waals surface area contributed by atoms with Gasteiger partial charge in [-0.2, -0.15) is 0 Å². The number of halogens is 1. The lowest BCUT2D eigenvalue weighted by atomic mass is 10.2. The quantitative estimate of drug-likeness (QED) is 0.689. The number of β-amino-alcohol motifs (C(OH)–C–C–N with tert-alkyl or cyclic N) is 1. The Morgan fingerprint density at radius 2 is 1.93 bits per heavy atom. The summed E-state index contributed by atoms with van der Waals surface area (Å²) < 4.78 is 7.63. The maximum absolute atomic E-state index is 10.5. The van der Waals surface area contributed by atoms with Crippen molar-refractivity contribution in [1.29, 1.82) is 0 Å². The first-order valence-electron chi connectivity index (χ1n) is 10.0. The molecule has 1 aliphatic carbocycles. The molecular formula is C20H27ClN4O2S. The minimum Gasteiger partial charge on any atom is -0.391 e. The Kier molecular flexibility index (Phi) is 6.90. The standard InChI is InChI=1S/C20H27ClN4O2S/c21-18-8-4-3-7-17(18)19-22-23-20(25(19)15-5-1-2-6-15)28-14-16(26)13-24-9-11-27-12-10-24/h3-4,7-8,15-16,26H,1-2,5-6,9-14H2/t16-/m0/s1. The van der Waals surface area contributed by atoms with Crippen LogP contribution in [-0.4, -0.2) is 69.5 Å². The molecule has 2 aliphatic rings. The number of aliphatic hydroxyl groups excluding tert-OH is 1. The number of thioether (sulfide) groups is 1. The summed E-state index contributed by atoms with van der Waals surface area (Å²) >= 11 is 8.03. The summed E-state index contributed by atoms with van der Waals surface area (Å²) in [4.78, 5) is 2.26. The van der Waals surface area contributed by atoms with Crippen LogP contribution >= 0.6 is 23.4 Å². The summed E-state index contributed by atoms with van der Waals surface area (Å²) in [7, 11) is 0. The molecule has 1 saturated heterocycles. The van der Waals surface area contributed by atoms with Crippen LogP contribution in [0.15, 0.2) is 29.4 Å². The predicted octanol–water partition coefficient (Wildman–Crippen LogP) is 3.50. The van der Waals surface area contributed by atoms with Crippen molar-refractivity contribution in [3.8, 4) is 11.4 Å². The van der Waals surface area contributed by atoms with Gasteiger partial charge in [-0.25, -0.2) is 0 Å². The highest BCUT2D eigenvalue weighted by atomic mass is 35.5. The number of nitrogens with zero attached hydrogens (tertiary/aromatic N) is 4. The van der Waals surface area contributed by atoms with Crippen LogP contribution in [0.25, 0.3) is 11.4 Å². The van der Waals surface area contributed by atoms with Gasteiger partial charge in [-0.15, -0.1) is 10.2 Å². The van der Waals surface area contributed by atoms with Crippen molar-refractivity contribution in [3.63, 3.8) is 0 Å². The third-order valence-electron chi connectivity index (χ3n) is 5.45. The Balaban J connectivity index is 1.49. The maximum atomic E-state index is 10.5. The Labute approximate surface area is 175 Å². The summed E-state index contributed by atoms with van der Waals surface area (Å²) in [6, 6.07) is 8.21. The fourth-order valence-corrected chi connectivity index (χ4v) is 5.14. The van der Waals surface area contributed by atoms with Crippen molar-refractivity contribution in [2.24, 2.45) is 0 Å². The number of aromatic nitrogens is 3. The number of hydrogen-bond donors (Lipinski definition) is 1. The Hall–Kier alpha value is -1.12. The van der Waals surface area contributed by atoms with Gasteiger partial charge in [0.15, 0.2) is 11.0 Å². The lowest BCUT2D eigenvalue weighted by molar-refractivity contribution is 0.0188. The van der Waals surface area contributed by atoms with Gasteiger partial charge in [-0.1, -0.05) is 48.3 Å². The number of rotatable bonds is 7. The second kappa shape index (κ2) is 9.59. The van der Waals surface area contributed by atoms with E-state index >= 15 is 0 Å². The predicted molar refractivity (Wildman–Crippen MR) is 112 cm³/mol. The molecule has 0 bridgehead atoms. The van der Waals surface area contributed by atoms with Gasteiger partial charge < -0.3 is 9.84 Å². The zero-order valence-electron chi connectivity index (χ0n) is 16.0. The van der Waals surface area contributed by atoms with Gasteiger partial charge in [0.1, 0.15) is 0 Å². The van der Waals surface area contributed by atoms with Crippen molar-refractivity contribution in [1.82, 2.24) is 19.7 Å². The smallest absolute Gasteiger partial charge is 0.191 e. The van der Waals surface area contributed by atoms with E-state index in [9.17, 15) is 5.11 Å². The summed E-state index contributed by atoms with van der Waals surface area (Å²) in [6.07, 6.45) is 4.34. The Morgan fingerprint density at radius 1 is 1.18 bits per heavy atom. The summed E-state index contributed by atoms with van der Waals surface area (Å²) in [6.45, 7) is 3.94. The zero-order chi connectivity index (χ0) is 19.3. The molecule has 4 rings (SSSR count). The topological polar surface area (TPSA) is 63.4 Å². The van der Waals surface area contributed by atoms with Gasteiger partial charge in [0.25, 0.3) is 0 Å². The van der Waals surface area contributed by atoms with Crippen molar-refractivity contribution in [2.75, 3.05) is 38.6 Å². The monoisotopic (exact) mass is 422 g/mol. The highest BCUT2D eigenvalue weighted by Gasteiger charge is 2.26. The van der Waals surface area contributed by atoms with E-state index in [1.165, 1.54) is 12.8 Å². The van der Waals surface area contributed by atoms with Gasteiger partial charge in [0.05, 0.1) is 24.3 Å². The second-order valence-electron chi connectivity index (χ2n) is 7.47. The van der Waals surface area contributed by atoms with Crippen LogP contribution in [0.5, 0.6) is 0 Å². The first-order valence-corrected chi connectivity index (χ1v) is 11.4. The molecule has 1 aromatic carbocycles. The summed E-state index contributed by atoms with van der Waals surface area (Å²) in [5.41, 5.74) is 0.921. The minimum absolute atomic E-state index is 0.402. The van der Waals surface area contributed by atoms with Gasteiger partial charge in [0.2, 0.25) is 0 Å². The lowest BCUT2D eigenvalue weighted by Crippen LogP contribution is -2.41. The first kappa shape index (κ1) is 20.2. The minimum atomic E-state index is -0.402. The number of aliphatic hydroxyl groups is 1. The van der Waals surface area contributed by atoms with Gasteiger partial charge in [-0.3, -0.25) is 9.47 Å². The van der Waals surface area contributed by atoms with Gasteiger partial charge >= 0.3 is 0 Å². The van der Waals surface area contributed by atoms with Crippen molar-refractivity contribution < 1.29 is 9.84 Å². The molecule has 1 N–H and O–H groups in total. The van der Waals surface area contributed by atoms with Crippen LogP contribution < -0.4 is 0 Å². The normalized spacial score (nSPS) is 19.9. The molecule has 0 radical (unpaired) electrons. The maximum Gasteiger partial charge on any atom is 0.191 e. The van der Waals surface area contributed by atoms with E-state index < -0.39 is 6.10 Å². The summed E-state index contributed by atoms with van der Waals surface area (Å²) in [5.74, 6) is 1.44. The molecule has 28 heavy (non-hydrogen) atoms. The van der Waals surface area contributed by atoms with Crippen molar-refractivity contribution in [3.05, 3.63) is 29.3 Å². The van der Waals surface area contributed by atoms with Crippen molar-refractivity contribution in [2.45, 2.75) is 43.0 Å². The van der Waals surface area contributed by atoms with E-state index in [2.05, 4.69) is 19.7 Å². The molecule has 0 spiro atoms. The molecule has 2 aromatic rings. The van der Waals surface area contributed by atoms with Crippen LogP contribution in [0.1, 0.15) is 31.7 Å². The molecule has 0 unspecified atom stereocenters. The molecule has 8 heteroatoms. The van der Waals surface area contributed by atoms with Gasteiger partial charge in [-0.05, 0) is 25.0 Å². The SMILES string of the molecule is O[C@H](CSc1nnc(-c2ccccc2Cl)n1C1CCCC1)CN1CCOCC1. The van der Waals surface area contributed by atoms with Crippen LogP contribution in [0.2, 0.25) is 5.02 Å². The highest BCUT2D eigenvalue weighted by molar-refractivity contribution is 7.99. The summed E-state index contributed by atoms with van der Waals surface area (Å²) in [5, 5.41) is 21.0. The number of ether oxygens (including phenoxy) is 1. The highest BCUT2D eigenvalue weighted by Crippen LogP contribution is 2.38. The molecular weight excluding hydrogens is 396 g/mol. The molecule has 1 saturated carbocycles. The number of morpholine rings is 1. The Bertz CT molecular complexity index is 775. The molecule has 0 amide bonds. The van der Waals surface area contributed by atoms with Gasteiger partial charge in [0, 0.05) is 37.0 Å². The average Bonchev–Trinajstić information content (AvgIpc) is 3.37. The van der Waals surface area contributed by atoms with E-state index in [1.807, 2.05) is 24.3 Å².